The molecule has 3 atom stereocenters. The maximum absolute atomic E-state index is 11.6. The van der Waals surface area contributed by atoms with Crippen molar-refractivity contribution in [3.05, 3.63) is 0 Å². The third-order valence-corrected chi connectivity index (χ3v) is 3.79. The Balaban J connectivity index is 2.87. The summed E-state index contributed by atoms with van der Waals surface area (Å²) >= 11 is 0. The van der Waals surface area contributed by atoms with E-state index < -0.39 is 16.1 Å². The first-order valence-corrected chi connectivity index (χ1v) is 7.52. The molecule has 1 rings (SSSR count). The predicted octanol–water partition coefficient (Wildman–Crippen LogP) is 0.543. The molecule has 0 aromatic heterocycles. The Morgan fingerprint density at radius 2 is 2.12 bits per heavy atom. The molecule has 0 radical (unpaired) electrons. The highest BCUT2D eigenvalue weighted by molar-refractivity contribution is 7.88. The molecular weight excluding hydrogens is 244 g/mol. The number of likely N-dealkylation sites (tertiary alicyclic amines) is 1. The zero-order valence-corrected chi connectivity index (χ0v) is 11.5. The van der Waals surface area contributed by atoms with Crippen LogP contribution in [0.2, 0.25) is 0 Å². The van der Waals surface area contributed by atoms with Crippen LogP contribution in [0.25, 0.3) is 0 Å². The van der Waals surface area contributed by atoms with Crippen LogP contribution in [0, 0.1) is 0 Å². The van der Waals surface area contributed by atoms with Gasteiger partial charge in [0.05, 0.1) is 19.4 Å². The number of carbonyl (C=O) groups excluding carboxylic acids is 1. The number of nitrogens with one attached hydrogen (secondary N) is 1. The van der Waals surface area contributed by atoms with Gasteiger partial charge in [-0.3, -0.25) is 0 Å². The van der Waals surface area contributed by atoms with E-state index in [0.717, 1.165) is 6.26 Å². The normalized spacial score (nSPS) is 29.4. The van der Waals surface area contributed by atoms with Crippen molar-refractivity contribution in [2.45, 2.75) is 44.8 Å². The molecule has 1 amide bonds. The van der Waals surface area contributed by atoms with Gasteiger partial charge in [0.1, 0.15) is 0 Å². The van der Waals surface area contributed by atoms with Crippen LogP contribution < -0.4 is 4.72 Å². The van der Waals surface area contributed by atoms with Gasteiger partial charge in [-0.25, -0.2) is 17.9 Å². The van der Waals surface area contributed by atoms with Crippen LogP contribution >= 0.6 is 0 Å². The molecule has 0 aromatic rings. The monoisotopic (exact) mass is 264 g/mol. The maximum Gasteiger partial charge on any atom is 0.410 e. The van der Waals surface area contributed by atoms with Gasteiger partial charge in [-0.2, -0.15) is 0 Å². The lowest BCUT2D eigenvalue weighted by molar-refractivity contribution is 0.103. The summed E-state index contributed by atoms with van der Waals surface area (Å²) < 4.78 is 29.8. The number of amides is 1. The fraction of sp³-hybridized carbons (Fsp3) is 0.900. The number of nitrogens with zero attached hydrogens (tertiary/aromatic N) is 1. The van der Waals surface area contributed by atoms with E-state index in [1.807, 2.05) is 13.8 Å². The highest BCUT2D eigenvalue weighted by Crippen LogP contribution is 2.27. The summed E-state index contributed by atoms with van der Waals surface area (Å²) in [5, 5.41) is 0. The Hall–Kier alpha value is -0.820. The summed E-state index contributed by atoms with van der Waals surface area (Å²) in [5.74, 6) is 0. The van der Waals surface area contributed by atoms with Crippen LogP contribution in [0.4, 0.5) is 4.79 Å². The Bertz CT molecular complexity index is 382. The standard InChI is InChI=1S/C10H20N2O4S/c1-5-9-8(11-17(4,14)15)6-7(2)12(9)10(13)16-3/h7-9,11H,5-6H2,1-4H3. The molecule has 0 aromatic carbocycles. The zero-order chi connectivity index (χ0) is 13.2. The molecule has 1 saturated heterocycles. The molecule has 1 heterocycles. The number of ether oxygens (including phenoxy) is 1. The highest BCUT2D eigenvalue weighted by Gasteiger charge is 2.42. The smallest absolute Gasteiger partial charge is 0.410 e. The summed E-state index contributed by atoms with van der Waals surface area (Å²) in [7, 11) is -1.93. The predicted molar refractivity (Wildman–Crippen MR) is 64.2 cm³/mol. The van der Waals surface area contributed by atoms with E-state index >= 15 is 0 Å². The third-order valence-electron chi connectivity index (χ3n) is 3.06. The zero-order valence-electron chi connectivity index (χ0n) is 10.6. The second-order valence-electron chi connectivity index (χ2n) is 4.43. The van der Waals surface area contributed by atoms with E-state index in [9.17, 15) is 13.2 Å². The average Bonchev–Trinajstić information content (AvgIpc) is 2.50. The summed E-state index contributed by atoms with van der Waals surface area (Å²) in [6, 6.07) is -0.400. The van der Waals surface area contributed by atoms with E-state index in [-0.39, 0.29) is 18.1 Å². The van der Waals surface area contributed by atoms with Crippen molar-refractivity contribution in [3.8, 4) is 0 Å². The lowest BCUT2D eigenvalue weighted by Crippen LogP contribution is -2.47. The fourth-order valence-electron chi connectivity index (χ4n) is 2.46. The first-order valence-electron chi connectivity index (χ1n) is 5.63. The number of carbonyl (C=O) groups is 1. The molecule has 1 fully saturated rings. The van der Waals surface area contributed by atoms with Crippen LogP contribution in [-0.4, -0.2) is 50.9 Å². The molecule has 0 bridgehead atoms. The lowest BCUT2D eigenvalue weighted by atomic mass is 10.1. The van der Waals surface area contributed by atoms with Crippen molar-refractivity contribution < 1.29 is 17.9 Å². The van der Waals surface area contributed by atoms with Gasteiger partial charge in [-0.15, -0.1) is 0 Å². The number of methoxy groups -OCH3 is 1. The number of rotatable bonds is 3. The van der Waals surface area contributed by atoms with Crippen LogP contribution in [0.5, 0.6) is 0 Å². The van der Waals surface area contributed by atoms with Gasteiger partial charge in [0.15, 0.2) is 0 Å². The average molecular weight is 264 g/mol. The van der Waals surface area contributed by atoms with Crippen LogP contribution in [-0.2, 0) is 14.8 Å². The minimum atomic E-state index is -3.26. The highest BCUT2D eigenvalue weighted by atomic mass is 32.2. The van der Waals surface area contributed by atoms with Gasteiger partial charge >= 0.3 is 6.09 Å². The van der Waals surface area contributed by atoms with Gasteiger partial charge in [0, 0.05) is 12.1 Å². The van der Waals surface area contributed by atoms with E-state index in [1.165, 1.54) is 7.11 Å². The third kappa shape index (κ3) is 3.32. The molecule has 1 aliphatic heterocycles. The molecule has 3 unspecified atom stereocenters. The minimum Gasteiger partial charge on any atom is -0.453 e. The lowest BCUT2D eigenvalue weighted by Gasteiger charge is -2.28. The largest absolute Gasteiger partial charge is 0.453 e. The van der Waals surface area contributed by atoms with Gasteiger partial charge in [0.2, 0.25) is 10.0 Å². The fourth-order valence-corrected chi connectivity index (χ4v) is 3.27. The van der Waals surface area contributed by atoms with Gasteiger partial charge < -0.3 is 9.64 Å². The van der Waals surface area contributed by atoms with Crippen LogP contribution in [0.3, 0.4) is 0 Å². The Morgan fingerprint density at radius 3 is 2.53 bits per heavy atom. The molecule has 0 saturated carbocycles. The second-order valence-corrected chi connectivity index (χ2v) is 6.21. The Labute approximate surface area is 102 Å². The molecule has 0 aliphatic carbocycles. The van der Waals surface area contributed by atoms with Crippen molar-refractivity contribution >= 4 is 16.1 Å². The van der Waals surface area contributed by atoms with Crippen LogP contribution in [0.15, 0.2) is 0 Å². The van der Waals surface area contributed by atoms with Crippen molar-refractivity contribution in [3.63, 3.8) is 0 Å². The van der Waals surface area contributed by atoms with Crippen molar-refractivity contribution in [1.29, 1.82) is 0 Å². The SMILES string of the molecule is CCC1C(NS(C)(=O)=O)CC(C)N1C(=O)OC. The van der Waals surface area contributed by atoms with Crippen LogP contribution in [0.1, 0.15) is 26.7 Å². The number of sulfonamides is 1. The molecule has 17 heavy (non-hydrogen) atoms. The first kappa shape index (κ1) is 14.2. The minimum absolute atomic E-state index is 0.0216. The molecule has 100 valence electrons. The number of hydrogen-bond donors (Lipinski definition) is 1. The number of hydrogen-bond acceptors (Lipinski definition) is 4. The Morgan fingerprint density at radius 1 is 1.53 bits per heavy atom. The van der Waals surface area contributed by atoms with E-state index in [1.54, 1.807) is 4.90 Å². The Kier molecular flexibility index (Phi) is 4.37. The maximum atomic E-state index is 11.6. The molecule has 7 heteroatoms. The summed E-state index contributed by atoms with van der Waals surface area (Å²) in [4.78, 5) is 13.2. The molecule has 6 nitrogen and oxygen atoms in total. The molecule has 1 aliphatic rings. The van der Waals surface area contributed by atoms with E-state index in [4.69, 9.17) is 4.74 Å². The van der Waals surface area contributed by atoms with Gasteiger partial charge in [-0.05, 0) is 19.8 Å². The summed E-state index contributed by atoms with van der Waals surface area (Å²) in [5.41, 5.74) is 0. The summed E-state index contributed by atoms with van der Waals surface area (Å²) in [6.45, 7) is 3.82. The quantitative estimate of drug-likeness (QED) is 0.807. The van der Waals surface area contributed by atoms with Crippen molar-refractivity contribution in [2.75, 3.05) is 13.4 Å². The molecule has 1 N–H and O–H groups in total. The van der Waals surface area contributed by atoms with E-state index in [2.05, 4.69) is 4.72 Å². The first-order chi connectivity index (χ1) is 7.80. The topological polar surface area (TPSA) is 75.7 Å². The molecular formula is C10H20N2O4S. The summed E-state index contributed by atoms with van der Waals surface area (Å²) in [6.07, 6.45) is 2.03. The van der Waals surface area contributed by atoms with Crippen molar-refractivity contribution in [1.82, 2.24) is 9.62 Å². The molecule has 0 spiro atoms. The van der Waals surface area contributed by atoms with Gasteiger partial charge in [-0.1, -0.05) is 6.92 Å². The van der Waals surface area contributed by atoms with E-state index in [0.29, 0.717) is 12.8 Å². The van der Waals surface area contributed by atoms with Gasteiger partial charge in [0.25, 0.3) is 0 Å². The second kappa shape index (κ2) is 5.22. The van der Waals surface area contributed by atoms with Crippen molar-refractivity contribution in [2.24, 2.45) is 0 Å².